The molecule has 0 spiro atoms. The summed E-state index contributed by atoms with van der Waals surface area (Å²) in [6, 6.07) is 7.48. The van der Waals surface area contributed by atoms with Gasteiger partial charge < -0.3 is 5.32 Å². The fourth-order valence-electron chi connectivity index (χ4n) is 2.49. The summed E-state index contributed by atoms with van der Waals surface area (Å²) in [6.45, 7) is 15.9. The third-order valence-corrected chi connectivity index (χ3v) is 3.95. The van der Waals surface area contributed by atoms with Gasteiger partial charge in [0.25, 0.3) is 0 Å². The van der Waals surface area contributed by atoms with Crippen LogP contribution in [-0.2, 0) is 0 Å². The maximum atomic E-state index is 3.74. The first-order valence-electron chi connectivity index (χ1n) is 7.77. The van der Waals surface area contributed by atoms with Crippen LogP contribution in [0.4, 0.5) is 5.69 Å². The predicted molar refractivity (Wildman–Crippen MR) is 87.2 cm³/mol. The molecule has 0 radical (unpaired) electrons. The van der Waals surface area contributed by atoms with Crippen molar-refractivity contribution in [3.8, 4) is 0 Å². The second kappa shape index (κ2) is 6.98. The van der Waals surface area contributed by atoms with Crippen molar-refractivity contribution in [1.82, 2.24) is 0 Å². The van der Waals surface area contributed by atoms with Crippen LogP contribution in [-0.4, -0.2) is 6.04 Å². The third-order valence-electron chi connectivity index (χ3n) is 3.95. The average molecular weight is 261 g/mol. The second-order valence-electron chi connectivity index (χ2n) is 6.56. The molecule has 0 saturated heterocycles. The molecule has 1 aromatic rings. The van der Waals surface area contributed by atoms with Crippen LogP contribution in [0.1, 0.15) is 77.8 Å². The Bertz CT molecular complexity index is 391. The largest absolute Gasteiger partial charge is 0.382 e. The highest BCUT2D eigenvalue weighted by Crippen LogP contribution is 2.29. The van der Waals surface area contributed by atoms with Crippen LogP contribution in [0.3, 0.4) is 0 Å². The number of nitrogens with one attached hydrogen (secondary N) is 1. The first kappa shape index (κ1) is 16.1. The molecule has 0 aliphatic carbocycles. The van der Waals surface area contributed by atoms with E-state index in [1.165, 1.54) is 23.2 Å². The number of anilines is 1. The van der Waals surface area contributed by atoms with Crippen molar-refractivity contribution in [3.05, 3.63) is 29.3 Å². The van der Waals surface area contributed by atoms with Crippen LogP contribution in [0.5, 0.6) is 0 Å². The fraction of sp³-hybridized carbons (Fsp3) is 0.667. The second-order valence-corrected chi connectivity index (χ2v) is 6.56. The van der Waals surface area contributed by atoms with Gasteiger partial charge in [-0.25, -0.2) is 0 Å². The highest BCUT2D eigenvalue weighted by molar-refractivity contribution is 5.55. The Morgan fingerprint density at radius 3 is 2.00 bits per heavy atom. The molecule has 108 valence electrons. The van der Waals surface area contributed by atoms with Gasteiger partial charge in [0.15, 0.2) is 0 Å². The Kier molecular flexibility index (Phi) is 5.90. The molecule has 0 fully saturated rings. The normalized spacial score (nSPS) is 13.4. The van der Waals surface area contributed by atoms with E-state index >= 15 is 0 Å². The number of rotatable bonds is 6. The topological polar surface area (TPSA) is 12.0 Å². The summed E-state index contributed by atoms with van der Waals surface area (Å²) >= 11 is 0. The van der Waals surface area contributed by atoms with Crippen LogP contribution in [0.2, 0.25) is 0 Å². The Labute approximate surface area is 119 Å². The fourth-order valence-corrected chi connectivity index (χ4v) is 2.49. The molecule has 0 bridgehead atoms. The molecular formula is C18H31N. The van der Waals surface area contributed by atoms with E-state index in [-0.39, 0.29) is 0 Å². The summed E-state index contributed by atoms with van der Waals surface area (Å²) in [6.07, 6.45) is 1.17. The molecule has 1 rings (SSSR count). The van der Waals surface area contributed by atoms with E-state index in [0.717, 1.165) is 0 Å². The number of benzene rings is 1. The zero-order chi connectivity index (χ0) is 14.6. The highest BCUT2D eigenvalue weighted by atomic mass is 14.9. The van der Waals surface area contributed by atoms with Crippen LogP contribution in [0.15, 0.2) is 18.2 Å². The number of hydrogen-bond donors (Lipinski definition) is 1. The summed E-state index contributed by atoms with van der Waals surface area (Å²) in [5.74, 6) is 1.82. The SMILES string of the molecule is CCC(Nc1ccc(C(C)C)cc1C(C)C)C(C)C. The summed E-state index contributed by atoms with van der Waals surface area (Å²) in [5.41, 5.74) is 4.21. The van der Waals surface area contributed by atoms with Gasteiger partial charge in [0.05, 0.1) is 0 Å². The lowest BCUT2D eigenvalue weighted by Gasteiger charge is -2.25. The summed E-state index contributed by atoms with van der Waals surface area (Å²) in [5, 5.41) is 3.74. The van der Waals surface area contributed by atoms with Crippen LogP contribution >= 0.6 is 0 Å². The van der Waals surface area contributed by atoms with Gasteiger partial charge in [-0.1, -0.05) is 60.6 Å². The van der Waals surface area contributed by atoms with E-state index in [2.05, 4.69) is 72.0 Å². The molecule has 0 saturated carbocycles. The van der Waals surface area contributed by atoms with Gasteiger partial charge in [0.2, 0.25) is 0 Å². The Morgan fingerprint density at radius 2 is 1.58 bits per heavy atom. The number of hydrogen-bond acceptors (Lipinski definition) is 1. The van der Waals surface area contributed by atoms with Crippen molar-refractivity contribution < 1.29 is 0 Å². The summed E-state index contributed by atoms with van der Waals surface area (Å²) in [4.78, 5) is 0. The van der Waals surface area contributed by atoms with Crippen LogP contribution in [0.25, 0.3) is 0 Å². The molecule has 1 heteroatoms. The van der Waals surface area contributed by atoms with Gasteiger partial charge >= 0.3 is 0 Å². The lowest BCUT2D eigenvalue weighted by atomic mass is 9.93. The minimum atomic E-state index is 0.558. The molecule has 0 aliphatic rings. The lowest BCUT2D eigenvalue weighted by molar-refractivity contribution is 0.510. The molecule has 1 N–H and O–H groups in total. The Morgan fingerprint density at radius 1 is 0.947 bits per heavy atom. The molecule has 1 unspecified atom stereocenters. The molecular weight excluding hydrogens is 230 g/mol. The zero-order valence-corrected chi connectivity index (χ0v) is 13.7. The standard InChI is InChI=1S/C18H31N/c1-8-17(14(6)7)19-18-10-9-15(12(2)3)11-16(18)13(4)5/h9-14,17,19H,8H2,1-7H3. The molecule has 1 nitrogen and oxygen atoms in total. The van der Waals surface area contributed by atoms with E-state index in [4.69, 9.17) is 0 Å². The van der Waals surface area contributed by atoms with Crippen molar-refractivity contribution in [3.63, 3.8) is 0 Å². The summed E-state index contributed by atoms with van der Waals surface area (Å²) in [7, 11) is 0. The van der Waals surface area contributed by atoms with Crippen LogP contribution in [0, 0.1) is 5.92 Å². The van der Waals surface area contributed by atoms with E-state index < -0.39 is 0 Å². The smallest absolute Gasteiger partial charge is 0.0377 e. The molecule has 0 amide bonds. The predicted octanol–water partition coefficient (Wildman–Crippen LogP) is 5.78. The first-order valence-corrected chi connectivity index (χ1v) is 7.77. The van der Waals surface area contributed by atoms with E-state index in [1.54, 1.807) is 0 Å². The van der Waals surface area contributed by atoms with Gasteiger partial charge in [-0.3, -0.25) is 0 Å². The molecule has 1 aromatic carbocycles. The third kappa shape index (κ3) is 4.26. The van der Waals surface area contributed by atoms with Crippen molar-refractivity contribution in [1.29, 1.82) is 0 Å². The van der Waals surface area contributed by atoms with Crippen molar-refractivity contribution >= 4 is 5.69 Å². The van der Waals surface area contributed by atoms with Crippen molar-refractivity contribution in [2.24, 2.45) is 5.92 Å². The van der Waals surface area contributed by atoms with Gasteiger partial charge in [0, 0.05) is 11.7 Å². The molecule has 0 heterocycles. The monoisotopic (exact) mass is 261 g/mol. The van der Waals surface area contributed by atoms with E-state index in [9.17, 15) is 0 Å². The van der Waals surface area contributed by atoms with Gasteiger partial charge in [-0.05, 0) is 41.4 Å². The molecule has 19 heavy (non-hydrogen) atoms. The quantitative estimate of drug-likeness (QED) is 0.684. The van der Waals surface area contributed by atoms with Gasteiger partial charge in [-0.15, -0.1) is 0 Å². The lowest BCUT2D eigenvalue weighted by Crippen LogP contribution is -2.25. The Hall–Kier alpha value is -0.980. The minimum Gasteiger partial charge on any atom is -0.382 e. The maximum Gasteiger partial charge on any atom is 0.0377 e. The molecule has 0 aromatic heterocycles. The maximum absolute atomic E-state index is 3.74. The highest BCUT2D eigenvalue weighted by Gasteiger charge is 2.15. The minimum absolute atomic E-state index is 0.558. The zero-order valence-electron chi connectivity index (χ0n) is 13.7. The Balaban J connectivity index is 3.06. The van der Waals surface area contributed by atoms with Crippen LogP contribution < -0.4 is 5.32 Å². The first-order chi connectivity index (χ1) is 8.86. The summed E-state index contributed by atoms with van der Waals surface area (Å²) < 4.78 is 0. The average Bonchev–Trinajstić information content (AvgIpc) is 2.35. The van der Waals surface area contributed by atoms with Gasteiger partial charge in [0.1, 0.15) is 0 Å². The van der Waals surface area contributed by atoms with Crippen molar-refractivity contribution in [2.75, 3.05) is 5.32 Å². The van der Waals surface area contributed by atoms with Gasteiger partial charge in [-0.2, -0.15) is 0 Å². The van der Waals surface area contributed by atoms with Crippen molar-refractivity contribution in [2.45, 2.75) is 72.8 Å². The molecule has 1 atom stereocenters. The van der Waals surface area contributed by atoms with E-state index in [0.29, 0.717) is 23.8 Å². The van der Waals surface area contributed by atoms with E-state index in [1.807, 2.05) is 0 Å². The molecule has 0 aliphatic heterocycles.